The predicted molar refractivity (Wildman–Crippen MR) is 111 cm³/mol. The van der Waals surface area contributed by atoms with E-state index in [1.165, 1.54) is 30.6 Å². The Morgan fingerprint density at radius 3 is 2.70 bits per heavy atom. The SMILES string of the molecule is O=C(O)c1ccncc1NCC1NCCc2cc(-c3cc(F)c(Cl)c(F)c3)ccc21. The maximum Gasteiger partial charge on any atom is 0.337 e. The quantitative estimate of drug-likeness (QED) is 0.514. The lowest BCUT2D eigenvalue weighted by Crippen LogP contribution is -2.34. The average Bonchev–Trinajstić information content (AvgIpc) is 2.75. The zero-order valence-corrected chi connectivity index (χ0v) is 16.5. The number of benzene rings is 2. The molecule has 0 fully saturated rings. The van der Waals surface area contributed by atoms with Crippen LogP contribution in [0.1, 0.15) is 27.5 Å². The molecule has 154 valence electrons. The molecule has 0 amide bonds. The first-order valence-corrected chi connectivity index (χ1v) is 9.74. The minimum Gasteiger partial charge on any atom is -0.478 e. The Balaban J connectivity index is 1.58. The van der Waals surface area contributed by atoms with Gasteiger partial charge in [0.1, 0.15) is 16.7 Å². The number of nitrogens with zero attached hydrogens (tertiary/aromatic N) is 1. The van der Waals surface area contributed by atoms with Crippen molar-refractivity contribution in [2.24, 2.45) is 0 Å². The Bertz CT molecular complexity index is 1100. The molecule has 0 saturated carbocycles. The molecule has 5 nitrogen and oxygen atoms in total. The molecular formula is C22H18ClF2N3O2. The highest BCUT2D eigenvalue weighted by Crippen LogP contribution is 2.31. The number of carboxylic acids is 1. The molecule has 0 radical (unpaired) electrons. The molecule has 3 aromatic rings. The van der Waals surface area contributed by atoms with Gasteiger partial charge in [0.25, 0.3) is 0 Å². The molecule has 8 heteroatoms. The van der Waals surface area contributed by atoms with Gasteiger partial charge in [0.15, 0.2) is 0 Å². The molecule has 4 rings (SSSR count). The molecule has 0 spiro atoms. The van der Waals surface area contributed by atoms with E-state index in [0.29, 0.717) is 23.4 Å². The van der Waals surface area contributed by atoms with Gasteiger partial charge in [-0.1, -0.05) is 29.8 Å². The minimum absolute atomic E-state index is 0.0525. The van der Waals surface area contributed by atoms with Crippen molar-refractivity contribution < 1.29 is 18.7 Å². The fraction of sp³-hybridized carbons (Fsp3) is 0.182. The number of carboxylic acid groups (broad SMARTS) is 1. The monoisotopic (exact) mass is 429 g/mol. The number of aromatic nitrogens is 1. The summed E-state index contributed by atoms with van der Waals surface area (Å²) in [7, 11) is 0. The average molecular weight is 430 g/mol. The highest BCUT2D eigenvalue weighted by Gasteiger charge is 2.21. The van der Waals surface area contributed by atoms with Gasteiger partial charge in [0.2, 0.25) is 0 Å². The van der Waals surface area contributed by atoms with E-state index in [2.05, 4.69) is 15.6 Å². The normalized spacial score (nSPS) is 15.5. The van der Waals surface area contributed by atoms with Crippen LogP contribution in [0.2, 0.25) is 5.02 Å². The number of hydrogen-bond acceptors (Lipinski definition) is 4. The van der Waals surface area contributed by atoms with E-state index in [1.807, 2.05) is 18.2 Å². The van der Waals surface area contributed by atoms with E-state index in [4.69, 9.17) is 11.6 Å². The third-order valence-corrected chi connectivity index (χ3v) is 5.53. The van der Waals surface area contributed by atoms with Crippen molar-refractivity contribution in [1.29, 1.82) is 0 Å². The smallest absolute Gasteiger partial charge is 0.337 e. The summed E-state index contributed by atoms with van der Waals surface area (Å²) >= 11 is 5.58. The second-order valence-corrected chi connectivity index (χ2v) is 7.41. The summed E-state index contributed by atoms with van der Waals surface area (Å²) in [5.41, 5.74) is 3.85. The van der Waals surface area contributed by atoms with Crippen LogP contribution in [0.15, 0.2) is 48.8 Å². The van der Waals surface area contributed by atoms with Crippen LogP contribution in [0.3, 0.4) is 0 Å². The Morgan fingerprint density at radius 1 is 1.20 bits per heavy atom. The molecular weight excluding hydrogens is 412 g/mol. The van der Waals surface area contributed by atoms with Crippen LogP contribution >= 0.6 is 11.6 Å². The van der Waals surface area contributed by atoms with Gasteiger partial charge in [-0.05, 0) is 53.4 Å². The number of halogens is 3. The molecule has 1 atom stereocenters. The molecule has 1 aliphatic rings. The summed E-state index contributed by atoms with van der Waals surface area (Å²) < 4.78 is 27.7. The topological polar surface area (TPSA) is 74.2 Å². The van der Waals surface area contributed by atoms with Crippen molar-refractivity contribution in [2.75, 3.05) is 18.4 Å². The lowest BCUT2D eigenvalue weighted by Gasteiger charge is -2.28. The molecule has 1 unspecified atom stereocenters. The number of pyridine rings is 1. The fourth-order valence-electron chi connectivity index (χ4n) is 3.67. The van der Waals surface area contributed by atoms with Crippen LogP contribution < -0.4 is 10.6 Å². The number of hydrogen-bond donors (Lipinski definition) is 3. The van der Waals surface area contributed by atoms with Gasteiger partial charge in [-0.25, -0.2) is 13.6 Å². The van der Waals surface area contributed by atoms with Gasteiger partial charge in [-0.15, -0.1) is 0 Å². The summed E-state index contributed by atoms with van der Waals surface area (Å²) in [5, 5.41) is 15.4. The van der Waals surface area contributed by atoms with Crippen molar-refractivity contribution in [1.82, 2.24) is 10.3 Å². The lowest BCUT2D eigenvalue weighted by molar-refractivity contribution is 0.0697. The van der Waals surface area contributed by atoms with E-state index >= 15 is 0 Å². The largest absolute Gasteiger partial charge is 0.478 e. The van der Waals surface area contributed by atoms with E-state index in [0.717, 1.165) is 24.1 Å². The summed E-state index contributed by atoms with van der Waals surface area (Å²) in [6, 6.07) is 9.51. The number of aromatic carboxylic acids is 1. The number of carbonyl (C=O) groups is 1. The maximum atomic E-state index is 13.8. The molecule has 0 saturated heterocycles. The van der Waals surface area contributed by atoms with Crippen LogP contribution in [-0.2, 0) is 6.42 Å². The third-order valence-electron chi connectivity index (χ3n) is 5.17. The number of nitrogens with one attached hydrogen (secondary N) is 2. The third kappa shape index (κ3) is 3.99. The highest BCUT2D eigenvalue weighted by molar-refractivity contribution is 6.31. The van der Waals surface area contributed by atoms with Crippen LogP contribution in [0, 0.1) is 11.6 Å². The number of rotatable bonds is 5. The van der Waals surface area contributed by atoms with Gasteiger partial charge in [0.05, 0.1) is 17.4 Å². The van der Waals surface area contributed by atoms with Crippen LogP contribution in [0.5, 0.6) is 0 Å². The maximum absolute atomic E-state index is 13.8. The Hall–Kier alpha value is -3.03. The Labute approximate surface area is 176 Å². The van der Waals surface area contributed by atoms with Crippen molar-refractivity contribution >= 4 is 23.3 Å². The fourth-order valence-corrected chi connectivity index (χ4v) is 3.78. The van der Waals surface area contributed by atoms with Gasteiger partial charge in [-0.2, -0.15) is 0 Å². The first-order valence-electron chi connectivity index (χ1n) is 9.36. The Morgan fingerprint density at radius 2 is 1.97 bits per heavy atom. The second-order valence-electron chi connectivity index (χ2n) is 7.03. The van der Waals surface area contributed by atoms with Crippen molar-refractivity contribution in [3.8, 4) is 11.1 Å². The zero-order chi connectivity index (χ0) is 21.3. The van der Waals surface area contributed by atoms with Crippen molar-refractivity contribution in [2.45, 2.75) is 12.5 Å². The van der Waals surface area contributed by atoms with Crippen LogP contribution in [0.25, 0.3) is 11.1 Å². The molecule has 2 heterocycles. The molecule has 3 N–H and O–H groups in total. The van der Waals surface area contributed by atoms with Gasteiger partial charge in [-0.3, -0.25) is 4.98 Å². The first kappa shape index (κ1) is 20.3. The first-order chi connectivity index (χ1) is 14.4. The molecule has 1 aliphatic heterocycles. The summed E-state index contributed by atoms with van der Waals surface area (Å²) in [6.07, 6.45) is 3.69. The van der Waals surface area contributed by atoms with Crippen LogP contribution in [0.4, 0.5) is 14.5 Å². The number of anilines is 1. The van der Waals surface area contributed by atoms with Crippen molar-refractivity contribution in [3.05, 3.63) is 82.1 Å². The van der Waals surface area contributed by atoms with E-state index in [1.54, 1.807) is 0 Å². The van der Waals surface area contributed by atoms with Gasteiger partial charge < -0.3 is 15.7 Å². The minimum atomic E-state index is -1.02. The van der Waals surface area contributed by atoms with E-state index in [9.17, 15) is 18.7 Å². The Kier molecular flexibility index (Phi) is 5.65. The lowest BCUT2D eigenvalue weighted by atomic mass is 9.90. The molecule has 1 aromatic heterocycles. The summed E-state index contributed by atoms with van der Waals surface area (Å²) in [6.45, 7) is 1.19. The molecule has 0 aliphatic carbocycles. The van der Waals surface area contributed by atoms with Crippen molar-refractivity contribution in [3.63, 3.8) is 0 Å². The second kappa shape index (κ2) is 8.38. The van der Waals surface area contributed by atoms with E-state index in [-0.39, 0.29) is 11.6 Å². The highest BCUT2D eigenvalue weighted by atomic mass is 35.5. The zero-order valence-electron chi connectivity index (χ0n) is 15.8. The molecule has 30 heavy (non-hydrogen) atoms. The van der Waals surface area contributed by atoms with Crippen LogP contribution in [-0.4, -0.2) is 29.1 Å². The molecule has 0 bridgehead atoms. The number of fused-ring (bicyclic) bond motifs is 1. The van der Waals surface area contributed by atoms with E-state index < -0.39 is 22.6 Å². The summed E-state index contributed by atoms with van der Waals surface area (Å²) in [4.78, 5) is 15.4. The predicted octanol–water partition coefficient (Wildman–Crippen LogP) is 4.68. The van der Waals surface area contributed by atoms with Gasteiger partial charge in [0, 0.05) is 18.8 Å². The van der Waals surface area contributed by atoms with Gasteiger partial charge >= 0.3 is 5.97 Å². The standard InChI is InChI=1S/C22H18ClF2N3O2/c23-21-17(24)8-14(9-18(21)25)12-1-2-15-13(7-12)3-6-27-20(15)11-28-19-10-26-5-4-16(19)22(29)30/h1-2,4-5,7-10,20,27-28H,3,6,11H2,(H,29,30). The molecule has 2 aromatic carbocycles. The summed E-state index contributed by atoms with van der Waals surface area (Å²) in [5.74, 6) is -2.61.